The molecule has 0 atom stereocenters. The molecule has 0 aliphatic carbocycles. The van der Waals surface area contributed by atoms with Gasteiger partial charge in [0.25, 0.3) is 6.43 Å². The number of alkyl halides is 2. The van der Waals surface area contributed by atoms with E-state index >= 15 is 0 Å². The van der Waals surface area contributed by atoms with Gasteiger partial charge in [0.05, 0.1) is 17.3 Å². The highest BCUT2D eigenvalue weighted by atomic mass is 32.2. The Balaban J connectivity index is 2.72. The van der Waals surface area contributed by atoms with Gasteiger partial charge in [-0.05, 0) is 12.1 Å². The van der Waals surface area contributed by atoms with Gasteiger partial charge in [-0.3, -0.25) is 5.41 Å². The third kappa shape index (κ3) is 4.92. The third-order valence-corrected chi connectivity index (χ3v) is 3.92. The highest BCUT2D eigenvalue weighted by molar-refractivity contribution is 7.91. The molecule has 0 fully saturated rings. The normalized spacial score (nSPS) is 11.7. The van der Waals surface area contributed by atoms with Crippen LogP contribution >= 0.6 is 0 Å². The first-order chi connectivity index (χ1) is 8.83. The Labute approximate surface area is 109 Å². The molecule has 3 N–H and O–H groups in total. The minimum absolute atomic E-state index is 0.0131. The van der Waals surface area contributed by atoms with E-state index in [-0.39, 0.29) is 22.9 Å². The Morgan fingerprint density at radius 3 is 2.68 bits per heavy atom. The van der Waals surface area contributed by atoms with E-state index in [4.69, 9.17) is 11.1 Å². The molecule has 1 rings (SSSR count). The lowest BCUT2D eigenvalue weighted by molar-refractivity contribution is 0.0234. The molecule has 0 saturated heterocycles. The molecule has 0 heterocycles. The minimum atomic E-state index is -3.64. The average molecular weight is 292 g/mol. The van der Waals surface area contributed by atoms with Gasteiger partial charge in [-0.2, -0.15) is 0 Å². The molecule has 0 aliphatic heterocycles. The molecular formula is C11H14F2N2O3S. The fraction of sp³-hybridized carbons (Fsp3) is 0.364. The van der Waals surface area contributed by atoms with E-state index in [1.807, 2.05) is 0 Å². The molecule has 0 amide bonds. The summed E-state index contributed by atoms with van der Waals surface area (Å²) in [5.74, 6) is -0.646. The van der Waals surface area contributed by atoms with Gasteiger partial charge in [0.1, 0.15) is 12.4 Å². The fourth-order valence-electron chi connectivity index (χ4n) is 1.32. The van der Waals surface area contributed by atoms with E-state index in [9.17, 15) is 17.2 Å². The predicted molar refractivity (Wildman–Crippen MR) is 66.3 cm³/mol. The summed E-state index contributed by atoms with van der Waals surface area (Å²) in [6, 6.07) is 5.60. The number of hydrogen-bond donors (Lipinski definition) is 2. The second-order valence-corrected chi connectivity index (χ2v) is 5.84. The van der Waals surface area contributed by atoms with Crippen LogP contribution in [-0.4, -0.2) is 39.6 Å². The number of halogens is 2. The summed E-state index contributed by atoms with van der Waals surface area (Å²) in [7, 11) is -3.64. The molecule has 0 aromatic heterocycles. The zero-order valence-corrected chi connectivity index (χ0v) is 10.8. The standard InChI is InChI=1S/C11H14F2N2O3S/c12-10(13)7-18-4-5-19(16,17)9-3-1-2-8(6-9)11(14)15/h1-3,6,10H,4-5,7H2,(H3,14,15). The van der Waals surface area contributed by atoms with Crippen LogP contribution in [0.15, 0.2) is 29.2 Å². The summed E-state index contributed by atoms with van der Waals surface area (Å²) in [4.78, 5) is -0.0131. The zero-order valence-electron chi connectivity index (χ0n) is 9.97. The second kappa shape index (κ2) is 6.58. The van der Waals surface area contributed by atoms with Gasteiger partial charge in [0, 0.05) is 5.56 Å². The van der Waals surface area contributed by atoms with Crippen molar-refractivity contribution in [2.45, 2.75) is 11.3 Å². The topological polar surface area (TPSA) is 93.2 Å². The zero-order chi connectivity index (χ0) is 14.5. The van der Waals surface area contributed by atoms with Crippen molar-refractivity contribution >= 4 is 15.7 Å². The number of ether oxygens (including phenoxy) is 1. The van der Waals surface area contributed by atoms with Crippen LogP contribution in [0.2, 0.25) is 0 Å². The van der Waals surface area contributed by atoms with Gasteiger partial charge in [0.15, 0.2) is 9.84 Å². The Bertz CT molecular complexity index is 547. The summed E-state index contributed by atoms with van der Waals surface area (Å²) in [6.45, 7) is -1.10. The second-order valence-electron chi connectivity index (χ2n) is 3.73. The highest BCUT2D eigenvalue weighted by Crippen LogP contribution is 2.13. The summed E-state index contributed by atoms with van der Waals surface area (Å²) in [5, 5.41) is 7.23. The van der Waals surface area contributed by atoms with Gasteiger partial charge < -0.3 is 10.5 Å². The summed E-state index contributed by atoms with van der Waals surface area (Å²) in [5.41, 5.74) is 5.55. The summed E-state index contributed by atoms with van der Waals surface area (Å²) < 4.78 is 51.9. The molecule has 0 radical (unpaired) electrons. The van der Waals surface area contributed by atoms with Gasteiger partial charge >= 0.3 is 0 Å². The summed E-state index contributed by atoms with van der Waals surface area (Å²) in [6.07, 6.45) is -2.62. The Kier molecular flexibility index (Phi) is 5.37. The Morgan fingerprint density at radius 2 is 2.11 bits per heavy atom. The molecule has 0 aliphatic rings. The lowest BCUT2D eigenvalue weighted by Gasteiger charge is -2.07. The lowest BCUT2D eigenvalue weighted by atomic mass is 10.2. The molecule has 5 nitrogen and oxygen atoms in total. The smallest absolute Gasteiger partial charge is 0.261 e. The number of rotatable bonds is 7. The quantitative estimate of drug-likeness (QED) is 0.446. The van der Waals surface area contributed by atoms with E-state index in [0.29, 0.717) is 0 Å². The summed E-state index contributed by atoms with van der Waals surface area (Å²) >= 11 is 0. The van der Waals surface area contributed by atoms with Crippen molar-refractivity contribution in [1.29, 1.82) is 5.41 Å². The average Bonchev–Trinajstić information content (AvgIpc) is 2.34. The monoisotopic (exact) mass is 292 g/mol. The van der Waals surface area contributed by atoms with Crippen molar-refractivity contribution in [2.24, 2.45) is 5.73 Å². The van der Waals surface area contributed by atoms with Crippen LogP contribution in [0.3, 0.4) is 0 Å². The van der Waals surface area contributed by atoms with Gasteiger partial charge in [-0.25, -0.2) is 17.2 Å². The highest BCUT2D eigenvalue weighted by Gasteiger charge is 2.15. The third-order valence-electron chi connectivity index (χ3n) is 2.24. The van der Waals surface area contributed by atoms with Crippen LogP contribution in [0.1, 0.15) is 5.56 Å². The largest absolute Gasteiger partial charge is 0.384 e. The first-order valence-electron chi connectivity index (χ1n) is 5.36. The molecule has 19 heavy (non-hydrogen) atoms. The van der Waals surface area contributed by atoms with E-state index in [1.165, 1.54) is 24.3 Å². The van der Waals surface area contributed by atoms with Crippen LogP contribution < -0.4 is 5.73 Å². The molecule has 8 heteroatoms. The predicted octanol–water partition coefficient (Wildman–Crippen LogP) is 1.03. The minimum Gasteiger partial charge on any atom is -0.384 e. The van der Waals surface area contributed by atoms with Crippen molar-refractivity contribution in [3.8, 4) is 0 Å². The van der Waals surface area contributed by atoms with E-state index in [0.717, 1.165) is 0 Å². The number of amidine groups is 1. The first kappa shape index (κ1) is 15.5. The molecule has 0 unspecified atom stereocenters. The molecule has 106 valence electrons. The Hall–Kier alpha value is -1.54. The Morgan fingerprint density at radius 1 is 1.42 bits per heavy atom. The van der Waals surface area contributed by atoms with Crippen LogP contribution in [0.25, 0.3) is 0 Å². The number of nitrogens with one attached hydrogen (secondary N) is 1. The number of sulfone groups is 1. The van der Waals surface area contributed by atoms with Crippen molar-refractivity contribution in [2.75, 3.05) is 19.0 Å². The van der Waals surface area contributed by atoms with Crippen LogP contribution in [0.4, 0.5) is 8.78 Å². The molecule has 1 aromatic carbocycles. The maximum absolute atomic E-state index is 11.9. The maximum atomic E-state index is 11.9. The van der Waals surface area contributed by atoms with Gasteiger partial charge in [0.2, 0.25) is 0 Å². The molecule has 0 saturated carbocycles. The van der Waals surface area contributed by atoms with Gasteiger partial charge in [-0.1, -0.05) is 12.1 Å². The molecular weight excluding hydrogens is 278 g/mol. The van der Waals surface area contributed by atoms with Gasteiger partial charge in [-0.15, -0.1) is 0 Å². The molecule has 0 spiro atoms. The van der Waals surface area contributed by atoms with Crippen molar-refractivity contribution < 1.29 is 21.9 Å². The van der Waals surface area contributed by atoms with Crippen molar-refractivity contribution in [1.82, 2.24) is 0 Å². The van der Waals surface area contributed by atoms with Crippen molar-refractivity contribution in [3.05, 3.63) is 29.8 Å². The fourth-order valence-corrected chi connectivity index (χ4v) is 2.48. The van der Waals surface area contributed by atoms with E-state index < -0.39 is 28.6 Å². The lowest BCUT2D eigenvalue weighted by Crippen LogP contribution is -2.16. The maximum Gasteiger partial charge on any atom is 0.261 e. The van der Waals surface area contributed by atoms with Crippen LogP contribution in [0.5, 0.6) is 0 Å². The van der Waals surface area contributed by atoms with E-state index in [2.05, 4.69) is 4.74 Å². The van der Waals surface area contributed by atoms with E-state index in [1.54, 1.807) is 0 Å². The molecule has 1 aromatic rings. The number of nitrogens with two attached hydrogens (primary N) is 1. The van der Waals surface area contributed by atoms with Crippen LogP contribution in [-0.2, 0) is 14.6 Å². The number of benzene rings is 1. The first-order valence-corrected chi connectivity index (χ1v) is 7.01. The number of hydrogen-bond acceptors (Lipinski definition) is 4. The van der Waals surface area contributed by atoms with Crippen molar-refractivity contribution in [3.63, 3.8) is 0 Å². The number of nitrogen functional groups attached to an aromatic ring is 1. The molecule has 0 bridgehead atoms. The van der Waals surface area contributed by atoms with Crippen LogP contribution in [0, 0.1) is 5.41 Å². The SMILES string of the molecule is N=C(N)c1cccc(S(=O)(=O)CCOCC(F)F)c1.